The van der Waals surface area contributed by atoms with Gasteiger partial charge in [0.1, 0.15) is 5.82 Å². The highest BCUT2D eigenvalue weighted by atomic mass is 35.5. The molecule has 1 aromatic heterocycles. The minimum Gasteiger partial charge on any atom is -0.324 e. The Morgan fingerprint density at radius 3 is 2.50 bits per heavy atom. The number of benzene rings is 1. The van der Waals surface area contributed by atoms with E-state index in [2.05, 4.69) is 4.98 Å². The molecule has 0 amide bonds. The molecule has 98 valence electrons. The Balaban J connectivity index is 2.67. The molecule has 2 nitrogen and oxygen atoms in total. The third kappa shape index (κ3) is 2.19. The van der Waals surface area contributed by atoms with Gasteiger partial charge >= 0.3 is 6.18 Å². The second-order valence-corrected chi connectivity index (χ2v) is 4.59. The van der Waals surface area contributed by atoms with Crippen LogP contribution in [-0.2, 0) is 12.1 Å². The second kappa shape index (κ2) is 4.46. The molecule has 6 heteroatoms. The molecular weight excluding hydrogens is 265 g/mol. The quantitative estimate of drug-likeness (QED) is 0.745. The smallest absolute Gasteiger partial charge is 0.324 e. The van der Waals surface area contributed by atoms with E-state index in [1.807, 2.05) is 18.4 Å². The van der Waals surface area contributed by atoms with Gasteiger partial charge in [-0.05, 0) is 32.0 Å². The van der Waals surface area contributed by atoms with Crippen LogP contribution in [0.25, 0.3) is 11.0 Å². The van der Waals surface area contributed by atoms with E-state index in [1.54, 1.807) is 0 Å². The third-order valence-electron chi connectivity index (χ3n) is 2.73. The predicted octanol–water partition coefficient (Wildman–Crippen LogP) is 4.37. The minimum atomic E-state index is -4.35. The van der Waals surface area contributed by atoms with Crippen LogP contribution in [0.2, 0.25) is 0 Å². The Morgan fingerprint density at radius 2 is 2.00 bits per heavy atom. The predicted molar refractivity (Wildman–Crippen MR) is 64.7 cm³/mol. The van der Waals surface area contributed by atoms with Gasteiger partial charge < -0.3 is 4.57 Å². The molecule has 0 aliphatic carbocycles. The first-order chi connectivity index (χ1) is 8.34. The van der Waals surface area contributed by atoms with Crippen LogP contribution in [-0.4, -0.2) is 9.55 Å². The Morgan fingerprint density at radius 1 is 1.33 bits per heavy atom. The first-order valence-corrected chi connectivity index (χ1v) is 6.02. The van der Waals surface area contributed by atoms with Crippen LogP contribution in [0.5, 0.6) is 0 Å². The summed E-state index contributed by atoms with van der Waals surface area (Å²) in [6, 6.07) is 3.67. The van der Waals surface area contributed by atoms with Crippen molar-refractivity contribution in [1.29, 1.82) is 0 Å². The first-order valence-electron chi connectivity index (χ1n) is 5.48. The number of imidazole rings is 1. The van der Waals surface area contributed by atoms with Gasteiger partial charge in [0.2, 0.25) is 0 Å². The zero-order chi connectivity index (χ0) is 13.5. The van der Waals surface area contributed by atoms with Gasteiger partial charge in [-0.2, -0.15) is 13.2 Å². The fraction of sp³-hybridized carbons (Fsp3) is 0.417. The van der Waals surface area contributed by atoms with Gasteiger partial charge in [-0.15, -0.1) is 11.6 Å². The van der Waals surface area contributed by atoms with Crippen molar-refractivity contribution in [3.05, 3.63) is 29.6 Å². The maximum atomic E-state index is 12.6. The Bertz CT molecular complexity index is 572. The summed E-state index contributed by atoms with van der Waals surface area (Å²) in [5.74, 6) is 0.759. The molecule has 1 aromatic carbocycles. The van der Waals surface area contributed by atoms with Crippen molar-refractivity contribution in [3.63, 3.8) is 0 Å². The van der Waals surface area contributed by atoms with E-state index in [4.69, 9.17) is 11.6 Å². The summed E-state index contributed by atoms with van der Waals surface area (Å²) >= 11 is 5.77. The summed E-state index contributed by atoms with van der Waals surface area (Å²) in [5.41, 5.74) is 0.312. The molecule has 1 heterocycles. The maximum Gasteiger partial charge on any atom is 0.416 e. The molecule has 0 fully saturated rings. The number of hydrogen-bond acceptors (Lipinski definition) is 1. The second-order valence-electron chi connectivity index (χ2n) is 4.33. The van der Waals surface area contributed by atoms with E-state index in [0.717, 1.165) is 12.1 Å². The molecule has 2 rings (SSSR count). The summed E-state index contributed by atoms with van der Waals surface area (Å²) in [5, 5.41) is 0. The third-order valence-corrected chi connectivity index (χ3v) is 2.96. The van der Waals surface area contributed by atoms with E-state index >= 15 is 0 Å². The zero-order valence-corrected chi connectivity index (χ0v) is 10.7. The average Bonchev–Trinajstić information content (AvgIpc) is 2.64. The largest absolute Gasteiger partial charge is 0.416 e. The number of aromatic nitrogens is 2. The van der Waals surface area contributed by atoms with E-state index in [1.165, 1.54) is 6.07 Å². The normalized spacial score (nSPS) is 12.6. The number of hydrogen-bond donors (Lipinski definition) is 0. The van der Waals surface area contributed by atoms with Gasteiger partial charge in [0.25, 0.3) is 0 Å². The van der Waals surface area contributed by atoms with E-state index < -0.39 is 11.7 Å². The molecule has 18 heavy (non-hydrogen) atoms. The number of rotatable bonds is 2. The number of nitrogens with zero attached hydrogens (tertiary/aromatic N) is 2. The van der Waals surface area contributed by atoms with Crippen LogP contribution < -0.4 is 0 Å². The molecule has 0 aliphatic rings. The lowest BCUT2D eigenvalue weighted by atomic mass is 10.2. The molecule has 0 N–H and O–H groups in total. The van der Waals surface area contributed by atoms with Crippen molar-refractivity contribution in [2.24, 2.45) is 0 Å². The van der Waals surface area contributed by atoms with E-state index in [-0.39, 0.29) is 11.9 Å². The number of halogens is 4. The topological polar surface area (TPSA) is 17.8 Å². The molecule has 0 unspecified atom stereocenters. The summed E-state index contributed by atoms with van der Waals surface area (Å²) in [6.07, 6.45) is -4.35. The lowest BCUT2D eigenvalue weighted by Gasteiger charge is -2.12. The van der Waals surface area contributed by atoms with Crippen molar-refractivity contribution in [2.45, 2.75) is 31.9 Å². The summed E-state index contributed by atoms with van der Waals surface area (Å²) in [4.78, 5) is 4.16. The van der Waals surface area contributed by atoms with Crippen molar-refractivity contribution in [1.82, 2.24) is 9.55 Å². The average molecular weight is 277 g/mol. The molecule has 0 saturated carbocycles. The van der Waals surface area contributed by atoms with Gasteiger partial charge in [0.05, 0.1) is 22.5 Å². The van der Waals surface area contributed by atoms with Crippen LogP contribution in [0.15, 0.2) is 18.2 Å². The zero-order valence-electron chi connectivity index (χ0n) is 9.92. The van der Waals surface area contributed by atoms with Gasteiger partial charge in [0, 0.05) is 6.04 Å². The maximum absolute atomic E-state index is 12.6. The molecule has 0 bridgehead atoms. The highest BCUT2D eigenvalue weighted by Gasteiger charge is 2.31. The van der Waals surface area contributed by atoms with Crippen LogP contribution in [0.4, 0.5) is 13.2 Å². The van der Waals surface area contributed by atoms with Gasteiger partial charge in [-0.1, -0.05) is 0 Å². The summed E-state index contributed by atoms with van der Waals surface area (Å²) in [6.45, 7) is 3.88. The van der Waals surface area contributed by atoms with Crippen LogP contribution >= 0.6 is 11.6 Å². The van der Waals surface area contributed by atoms with Crippen molar-refractivity contribution >= 4 is 22.6 Å². The number of fused-ring (bicyclic) bond motifs is 1. The Labute approximate surface area is 107 Å². The Hall–Kier alpha value is -1.23. The molecule has 0 atom stereocenters. The van der Waals surface area contributed by atoms with E-state index in [0.29, 0.717) is 16.9 Å². The molecular formula is C12H12ClF3N2. The first kappa shape index (κ1) is 13.2. The highest BCUT2D eigenvalue weighted by Crippen LogP contribution is 2.32. The number of alkyl halides is 4. The molecule has 0 radical (unpaired) electrons. The van der Waals surface area contributed by atoms with Crippen molar-refractivity contribution in [2.75, 3.05) is 0 Å². The fourth-order valence-corrected chi connectivity index (χ4v) is 2.18. The minimum absolute atomic E-state index is 0.0977. The lowest BCUT2D eigenvalue weighted by molar-refractivity contribution is -0.137. The monoisotopic (exact) mass is 276 g/mol. The van der Waals surface area contributed by atoms with Crippen LogP contribution in [0.3, 0.4) is 0 Å². The van der Waals surface area contributed by atoms with Crippen LogP contribution in [0.1, 0.15) is 31.3 Å². The Kier molecular flexibility index (Phi) is 3.27. The van der Waals surface area contributed by atoms with Gasteiger partial charge in [-0.25, -0.2) is 4.98 Å². The molecule has 0 saturated heterocycles. The van der Waals surface area contributed by atoms with Gasteiger partial charge in [0.15, 0.2) is 0 Å². The SMILES string of the molecule is CC(C)n1c(CCl)nc2cc(C(F)(F)F)ccc21. The summed E-state index contributed by atoms with van der Waals surface area (Å²) in [7, 11) is 0. The molecule has 0 aliphatic heterocycles. The van der Waals surface area contributed by atoms with E-state index in [9.17, 15) is 13.2 Å². The van der Waals surface area contributed by atoms with Crippen molar-refractivity contribution < 1.29 is 13.2 Å². The summed E-state index contributed by atoms with van der Waals surface area (Å²) < 4.78 is 39.7. The van der Waals surface area contributed by atoms with Crippen molar-refractivity contribution in [3.8, 4) is 0 Å². The lowest BCUT2D eigenvalue weighted by Crippen LogP contribution is -2.06. The van der Waals surface area contributed by atoms with Crippen LogP contribution in [0, 0.1) is 0 Å². The molecule has 0 spiro atoms. The molecule has 2 aromatic rings. The highest BCUT2D eigenvalue weighted by molar-refractivity contribution is 6.16. The van der Waals surface area contributed by atoms with Gasteiger partial charge in [-0.3, -0.25) is 0 Å². The standard InChI is InChI=1S/C12H12ClF3N2/c1-7(2)18-10-4-3-8(12(14,15)16)5-9(10)17-11(18)6-13/h3-5,7H,6H2,1-2H3. The fourth-order valence-electron chi connectivity index (χ4n) is 2.00.